The minimum atomic E-state index is -0.246. The Bertz CT molecular complexity index is 953. The first kappa shape index (κ1) is 20.7. The highest BCUT2D eigenvalue weighted by molar-refractivity contribution is 8.01. The van der Waals surface area contributed by atoms with E-state index in [0.29, 0.717) is 21.0 Å². The van der Waals surface area contributed by atoms with Crippen molar-refractivity contribution >= 4 is 63.2 Å². The number of carbonyl (C=O) groups is 1. The van der Waals surface area contributed by atoms with E-state index >= 15 is 0 Å². The third-order valence-corrected chi connectivity index (χ3v) is 5.91. The number of hydrogen-bond donors (Lipinski definition) is 2. The summed E-state index contributed by atoms with van der Waals surface area (Å²) in [6.07, 6.45) is 1.42. The van der Waals surface area contributed by atoms with Crippen LogP contribution in [0.2, 0.25) is 10.0 Å². The van der Waals surface area contributed by atoms with Gasteiger partial charge in [0.05, 0.1) is 22.9 Å². The topological polar surface area (TPSA) is 89.0 Å². The molecular weight excluding hydrogens is 441 g/mol. The molecule has 11 heteroatoms. The van der Waals surface area contributed by atoms with Crippen molar-refractivity contribution in [3.63, 3.8) is 0 Å². The zero-order valence-electron chi connectivity index (χ0n) is 14.6. The first-order valence-corrected chi connectivity index (χ1v) is 10.5. The molecule has 0 aliphatic heterocycles. The van der Waals surface area contributed by atoms with E-state index in [4.69, 9.17) is 27.9 Å². The van der Waals surface area contributed by atoms with Crippen LogP contribution in [0, 0.1) is 0 Å². The number of nitrogens with zero attached hydrogens (tertiary/aromatic N) is 3. The number of halogens is 2. The number of carbonyl (C=O) groups excluding carboxylic acids is 1. The first-order chi connectivity index (χ1) is 13.5. The Hall–Kier alpha value is -2.07. The van der Waals surface area contributed by atoms with Crippen molar-refractivity contribution in [2.75, 3.05) is 23.5 Å². The first-order valence-electron chi connectivity index (χ1n) is 7.97. The third kappa shape index (κ3) is 5.96. The van der Waals surface area contributed by atoms with Crippen molar-refractivity contribution in [3.8, 4) is 5.75 Å². The van der Waals surface area contributed by atoms with Gasteiger partial charge in [0.15, 0.2) is 10.2 Å². The Morgan fingerprint density at radius 2 is 2.04 bits per heavy atom. The van der Waals surface area contributed by atoms with Crippen LogP contribution < -0.4 is 15.4 Å². The summed E-state index contributed by atoms with van der Waals surface area (Å²) in [4.78, 5) is 16.1. The number of rotatable bonds is 8. The number of thioether (sulfide) groups is 1. The van der Waals surface area contributed by atoms with E-state index in [2.05, 4.69) is 25.8 Å². The number of hydrogen-bond acceptors (Lipinski definition) is 8. The summed E-state index contributed by atoms with van der Waals surface area (Å²) in [7, 11) is 1.63. The molecule has 146 valence electrons. The summed E-state index contributed by atoms with van der Waals surface area (Å²) in [5.74, 6) is 1.00. The molecular formula is C17H15Cl2N5O2S2. The van der Waals surface area contributed by atoms with E-state index < -0.39 is 0 Å². The van der Waals surface area contributed by atoms with Crippen LogP contribution in [-0.2, 0) is 11.3 Å². The molecule has 7 nitrogen and oxygen atoms in total. The van der Waals surface area contributed by atoms with Gasteiger partial charge in [0.25, 0.3) is 0 Å². The second-order valence-electron chi connectivity index (χ2n) is 5.40. The fourth-order valence-electron chi connectivity index (χ4n) is 2.06. The molecule has 0 unspecified atom stereocenters. The smallest absolute Gasteiger partial charge is 0.236 e. The molecule has 0 fully saturated rings. The van der Waals surface area contributed by atoms with Crippen LogP contribution in [0.5, 0.6) is 5.75 Å². The normalized spacial score (nSPS) is 10.5. The van der Waals surface area contributed by atoms with Gasteiger partial charge in [-0.1, -0.05) is 58.4 Å². The maximum Gasteiger partial charge on any atom is 0.236 e. The summed E-state index contributed by atoms with van der Waals surface area (Å²) in [5.41, 5.74) is 1.09. The van der Waals surface area contributed by atoms with Crippen LogP contribution >= 0.6 is 46.3 Å². The van der Waals surface area contributed by atoms with Crippen molar-refractivity contribution in [3.05, 3.63) is 52.1 Å². The maximum absolute atomic E-state index is 12.1. The average Bonchev–Trinajstić information content (AvgIpc) is 3.15. The summed E-state index contributed by atoms with van der Waals surface area (Å²) in [6.45, 7) is 0.616. The zero-order chi connectivity index (χ0) is 19.9. The van der Waals surface area contributed by atoms with Crippen LogP contribution in [0.3, 0.4) is 0 Å². The Balaban J connectivity index is 1.46. The predicted molar refractivity (Wildman–Crippen MR) is 114 cm³/mol. The molecule has 0 saturated carbocycles. The molecule has 0 atom stereocenters. The second-order valence-corrected chi connectivity index (χ2v) is 8.44. The Morgan fingerprint density at radius 1 is 1.25 bits per heavy atom. The summed E-state index contributed by atoms with van der Waals surface area (Å²) < 4.78 is 5.82. The lowest BCUT2D eigenvalue weighted by Gasteiger charge is -2.05. The van der Waals surface area contributed by atoms with Gasteiger partial charge >= 0.3 is 0 Å². The van der Waals surface area contributed by atoms with E-state index in [1.165, 1.54) is 35.4 Å². The lowest BCUT2D eigenvalue weighted by atomic mass is 10.2. The number of nitrogens with one attached hydrogen (secondary N) is 2. The van der Waals surface area contributed by atoms with Gasteiger partial charge in [0.2, 0.25) is 11.0 Å². The number of benzene rings is 1. The molecule has 0 aliphatic rings. The Morgan fingerprint density at radius 3 is 2.75 bits per heavy atom. The lowest BCUT2D eigenvalue weighted by Crippen LogP contribution is -2.15. The average molecular weight is 456 g/mol. The molecule has 0 aliphatic carbocycles. The number of pyridine rings is 1. The van der Waals surface area contributed by atoms with Gasteiger partial charge < -0.3 is 15.4 Å². The molecule has 0 bridgehead atoms. The molecule has 2 N–H and O–H groups in total. The zero-order valence-corrected chi connectivity index (χ0v) is 17.8. The van der Waals surface area contributed by atoms with Gasteiger partial charge in [-0.15, -0.1) is 10.2 Å². The number of aromatic nitrogens is 3. The number of ether oxygens (including phenoxy) is 1. The number of amides is 1. The van der Waals surface area contributed by atoms with E-state index in [0.717, 1.165) is 11.3 Å². The Kier molecular flexibility index (Phi) is 7.32. The van der Waals surface area contributed by atoms with Gasteiger partial charge in [-0.05, 0) is 23.8 Å². The highest BCUT2D eigenvalue weighted by Crippen LogP contribution is 2.27. The Labute approximate surface area is 179 Å². The van der Waals surface area contributed by atoms with Crippen LogP contribution in [0.1, 0.15) is 5.56 Å². The quantitative estimate of drug-likeness (QED) is 0.479. The fourth-order valence-corrected chi connectivity index (χ4v) is 4.04. The fraction of sp³-hybridized carbons (Fsp3) is 0.176. The summed E-state index contributed by atoms with van der Waals surface area (Å²) >= 11 is 14.4. The lowest BCUT2D eigenvalue weighted by molar-refractivity contribution is -0.113. The van der Waals surface area contributed by atoms with Crippen LogP contribution in [0.15, 0.2) is 40.9 Å². The molecule has 3 aromatic rings. The van der Waals surface area contributed by atoms with Gasteiger partial charge in [0.1, 0.15) is 5.75 Å². The molecule has 0 spiro atoms. The van der Waals surface area contributed by atoms with E-state index in [1.54, 1.807) is 7.11 Å². The molecule has 0 radical (unpaired) electrons. The van der Waals surface area contributed by atoms with Crippen molar-refractivity contribution in [1.82, 2.24) is 15.2 Å². The predicted octanol–water partition coefficient (Wildman–Crippen LogP) is 4.59. The van der Waals surface area contributed by atoms with Crippen LogP contribution in [0.25, 0.3) is 0 Å². The van der Waals surface area contributed by atoms with Crippen molar-refractivity contribution in [1.29, 1.82) is 0 Å². The molecule has 2 heterocycles. The van der Waals surface area contributed by atoms with Gasteiger partial charge in [-0.2, -0.15) is 0 Å². The molecule has 3 rings (SSSR count). The monoisotopic (exact) mass is 455 g/mol. The van der Waals surface area contributed by atoms with Gasteiger partial charge in [-0.25, -0.2) is 4.98 Å². The van der Waals surface area contributed by atoms with E-state index in [9.17, 15) is 4.79 Å². The molecule has 28 heavy (non-hydrogen) atoms. The highest BCUT2D eigenvalue weighted by atomic mass is 35.5. The number of methoxy groups -OCH3 is 1. The van der Waals surface area contributed by atoms with Gasteiger partial charge in [0, 0.05) is 12.7 Å². The second kappa shape index (κ2) is 9.92. The SMILES string of the molecule is COc1ccc(CNc2nnc(SCC(=O)Nc3ncc(Cl)cc3Cl)s2)cc1. The van der Waals surface area contributed by atoms with Crippen molar-refractivity contribution in [2.24, 2.45) is 0 Å². The molecule has 2 aromatic heterocycles. The molecule has 0 saturated heterocycles. The minimum Gasteiger partial charge on any atom is -0.497 e. The molecule has 1 amide bonds. The van der Waals surface area contributed by atoms with Crippen molar-refractivity contribution < 1.29 is 9.53 Å². The summed E-state index contributed by atoms with van der Waals surface area (Å²) in [6, 6.07) is 9.27. The molecule has 1 aromatic carbocycles. The third-order valence-electron chi connectivity index (χ3n) is 3.40. The largest absolute Gasteiger partial charge is 0.497 e. The standard InChI is InChI=1S/C17H15Cl2N5O2S2/c1-26-12-4-2-10(3-5-12)7-21-16-23-24-17(28-16)27-9-14(25)22-15-13(19)6-11(18)8-20-15/h2-6,8H,7,9H2,1H3,(H,21,23)(H,20,22,25). The van der Waals surface area contributed by atoms with Gasteiger partial charge in [-0.3, -0.25) is 4.79 Å². The minimum absolute atomic E-state index is 0.160. The van der Waals surface area contributed by atoms with Crippen LogP contribution in [-0.4, -0.2) is 34.0 Å². The van der Waals surface area contributed by atoms with E-state index in [1.807, 2.05) is 24.3 Å². The highest BCUT2D eigenvalue weighted by Gasteiger charge is 2.11. The van der Waals surface area contributed by atoms with E-state index in [-0.39, 0.29) is 22.5 Å². The summed E-state index contributed by atoms with van der Waals surface area (Å²) in [5, 5.41) is 15.4. The van der Waals surface area contributed by atoms with Crippen LogP contribution in [0.4, 0.5) is 10.9 Å². The maximum atomic E-state index is 12.1. The number of anilines is 2. The van der Waals surface area contributed by atoms with Crippen molar-refractivity contribution in [2.45, 2.75) is 10.9 Å².